The Kier molecular flexibility index (Phi) is 4.59. The normalized spacial score (nSPS) is 18.2. The first kappa shape index (κ1) is 16.3. The summed E-state index contributed by atoms with van der Waals surface area (Å²) in [5.41, 5.74) is 1.75. The summed E-state index contributed by atoms with van der Waals surface area (Å²) in [6, 6.07) is 5.01. The van der Waals surface area contributed by atoms with E-state index in [9.17, 15) is 13.2 Å². The summed E-state index contributed by atoms with van der Waals surface area (Å²) in [4.78, 5) is 14.2. The number of anilines is 1. The van der Waals surface area contributed by atoms with Crippen LogP contribution in [0.3, 0.4) is 0 Å². The second-order valence-electron chi connectivity index (χ2n) is 6.04. The highest BCUT2D eigenvalue weighted by Crippen LogP contribution is 2.31. The van der Waals surface area contributed by atoms with Crippen molar-refractivity contribution in [1.82, 2.24) is 9.62 Å². The molecule has 1 aromatic carbocycles. The summed E-state index contributed by atoms with van der Waals surface area (Å²) in [6.07, 6.45) is 3.43. The molecule has 0 saturated carbocycles. The predicted molar refractivity (Wildman–Crippen MR) is 89.2 cm³/mol. The molecule has 1 N–H and O–H groups in total. The predicted octanol–water partition coefficient (Wildman–Crippen LogP) is 1.95. The van der Waals surface area contributed by atoms with Crippen molar-refractivity contribution in [2.24, 2.45) is 0 Å². The lowest BCUT2D eigenvalue weighted by Gasteiger charge is -2.19. The van der Waals surface area contributed by atoms with Gasteiger partial charge in [0.05, 0.1) is 4.90 Å². The lowest BCUT2D eigenvalue weighted by molar-refractivity contribution is 0.247. The number of benzene rings is 1. The van der Waals surface area contributed by atoms with Crippen LogP contribution in [-0.2, 0) is 16.4 Å². The fourth-order valence-electron chi connectivity index (χ4n) is 3.15. The van der Waals surface area contributed by atoms with Gasteiger partial charge in [-0.1, -0.05) is 6.92 Å². The quantitative estimate of drug-likeness (QED) is 0.913. The molecule has 0 radical (unpaired) electrons. The maximum atomic E-state index is 12.6. The van der Waals surface area contributed by atoms with Gasteiger partial charge in [0.1, 0.15) is 0 Å². The molecule has 126 valence electrons. The molecule has 0 aliphatic carbocycles. The Balaban J connectivity index is 1.83. The number of hydrogen-bond acceptors (Lipinski definition) is 3. The van der Waals surface area contributed by atoms with E-state index in [0.29, 0.717) is 37.5 Å². The maximum Gasteiger partial charge on any atom is 0.321 e. The number of fused-ring (bicyclic) bond motifs is 1. The monoisotopic (exact) mass is 337 g/mol. The van der Waals surface area contributed by atoms with Crippen molar-refractivity contribution < 1.29 is 13.2 Å². The first-order chi connectivity index (χ1) is 11.0. The summed E-state index contributed by atoms with van der Waals surface area (Å²) in [7, 11) is -3.40. The van der Waals surface area contributed by atoms with Crippen LogP contribution in [0.1, 0.15) is 31.7 Å². The molecule has 2 aliphatic heterocycles. The Morgan fingerprint density at radius 1 is 1.22 bits per heavy atom. The van der Waals surface area contributed by atoms with Crippen molar-refractivity contribution in [2.45, 2.75) is 37.5 Å². The van der Waals surface area contributed by atoms with E-state index in [4.69, 9.17) is 0 Å². The largest absolute Gasteiger partial charge is 0.338 e. The number of nitrogens with zero attached hydrogens (tertiary/aromatic N) is 2. The molecule has 2 aliphatic rings. The number of urea groups is 1. The highest BCUT2D eigenvalue weighted by Gasteiger charge is 2.30. The number of hydrogen-bond donors (Lipinski definition) is 1. The van der Waals surface area contributed by atoms with Gasteiger partial charge in [0.2, 0.25) is 10.0 Å². The van der Waals surface area contributed by atoms with Gasteiger partial charge < -0.3 is 5.32 Å². The molecule has 0 unspecified atom stereocenters. The molecule has 3 rings (SSSR count). The topological polar surface area (TPSA) is 69.7 Å². The lowest BCUT2D eigenvalue weighted by Crippen LogP contribution is -2.39. The fraction of sp³-hybridized carbons (Fsp3) is 0.562. The van der Waals surface area contributed by atoms with Crippen LogP contribution in [0.15, 0.2) is 23.1 Å². The Morgan fingerprint density at radius 2 is 1.96 bits per heavy atom. The zero-order valence-electron chi connectivity index (χ0n) is 13.4. The minimum absolute atomic E-state index is 0.110. The van der Waals surface area contributed by atoms with E-state index in [1.807, 2.05) is 6.92 Å². The number of sulfonamides is 1. The van der Waals surface area contributed by atoms with Gasteiger partial charge in [-0.3, -0.25) is 4.90 Å². The second kappa shape index (κ2) is 6.49. The first-order valence-electron chi connectivity index (χ1n) is 8.22. The van der Waals surface area contributed by atoms with E-state index in [1.165, 1.54) is 0 Å². The highest BCUT2D eigenvalue weighted by atomic mass is 32.2. The zero-order chi connectivity index (χ0) is 16.4. The van der Waals surface area contributed by atoms with Crippen LogP contribution >= 0.6 is 0 Å². The minimum atomic E-state index is -3.40. The average Bonchev–Trinajstić information content (AvgIpc) is 3.21. The summed E-state index contributed by atoms with van der Waals surface area (Å²) in [5, 5.41) is 2.87. The Hall–Kier alpha value is -1.60. The van der Waals surface area contributed by atoms with Crippen LogP contribution < -0.4 is 10.2 Å². The number of carbonyl (C=O) groups excluding carboxylic acids is 1. The van der Waals surface area contributed by atoms with Crippen molar-refractivity contribution >= 4 is 21.7 Å². The average molecular weight is 337 g/mol. The van der Waals surface area contributed by atoms with E-state index in [2.05, 4.69) is 5.32 Å². The van der Waals surface area contributed by atoms with Gasteiger partial charge >= 0.3 is 6.03 Å². The molecule has 1 aromatic rings. The molecule has 6 nitrogen and oxygen atoms in total. The Morgan fingerprint density at radius 3 is 2.65 bits per heavy atom. The molecule has 2 heterocycles. The number of rotatable bonds is 4. The third kappa shape index (κ3) is 3.07. The van der Waals surface area contributed by atoms with Crippen LogP contribution in [0.2, 0.25) is 0 Å². The Bertz CT molecular complexity index is 697. The zero-order valence-corrected chi connectivity index (χ0v) is 14.2. The van der Waals surface area contributed by atoms with E-state index < -0.39 is 10.0 Å². The van der Waals surface area contributed by atoms with Gasteiger partial charge in [0.25, 0.3) is 0 Å². The van der Waals surface area contributed by atoms with Crippen molar-refractivity contribution in [3.8, 4) is 0 Å². The third-order valence-corrected chi connectivity index (χ3v) is 6.32. The third-order valence-electron chi connectivity index (χ3n) is 4.42. The highest BCUT2D eigenvalue weighted by molar-refractivity contribution is 7.89. The van der Waals surface area contributed by atoms with Crippen molar-refractivity contribution in [2.75, 3.05) is 31.1 Å². The molecular weight excluding hydrogens is 314 g/mol. The molecule has 0 aromatic heterocycles. The summed E-state index contributed by atoms with van der Waals surface area (Å²) in [6.45, 7) is 4.45. The van der Waals surface area contributed by atoms with Gasteiger partial charge in [-0.15, -0.1) is 0 Å². The summed E-state index contributed by atoms with van der Waals surface area (Å²) in [5.74, 6) is 0. The molecule has 23 heavy (non-hydrogen) atoms. The molecule has 1 saturated heterocycles. The summed E-state index contributed by atoms with van der Waals surface area (Å²) >= 11 is 0. The van der Waals surface area contributed by atoms with Crippen LogP contribution in [0, 0.1) is 0 Å². The smallest absolute Gasteiger partial charge is 0.321 e. The van der Waals surface area contributed by atoms with Crippen LogP contribution in [0.5, 0.6) is 0 Å². The molecule has 2 amide bonds. The standard InChI is InChI=1S/C16H23N3O3S/c1-2-8-17-16(20)19-11-7-13-12-14(5-6-15(13)19)23(21,22)18-9-3-4-10-18/h5-6,12H,2-4,7-11H2,1H3,(H,17,20). The van der Waals surface area contributed by atoms with Crippen molar-refractivity contribution in [3.63, 3.8) is 0 Å². The first-order valence-corrected chi connectivity index (χ1v) is 9.66. The number of carbonyl (C=O) groups is 1. The van der Waals surface area contributed by atoms with Crippen molar-refractivity contribution in [1.29, 1.82) is 0 Å². The minimum Gasteiger partial charge on any atom is -0.338 e. The molecule has 1 fully saturated rings. The maximum absolute atomic E-state index is 12.6. The van der Waals surface area contributed by atoms with Gasteiger partial charge in [-0.05, 0) is 49.4 Å². The number of nitrogens with one attached hydrogen (secondary N) is 1. The molecule has 0 atom stereocenters. The van der Waals surface area contributed by atoms with E-state index in [-0.39, 0.29) is 6.03 Å². The van der Waals surface area contributed by atoms with Gasteiger partial charge in [0.15, 0.2) is 0 Å². The van der Waals surface area contributed by atoms with E-state index in [1.54, 1.807) is 27.4 Å². The van der Waals surface area contributed by atoms with Gasteiger partial charge in [-0.2, -0.15) is 4.31 Å². The number of amides is 2. The fourth-order valence-corrected chi connectivity index (χ4v) is 4.72. The molecule has 0 spiro atoms. The SMILES string of the molecule is CCCNC(=O)N1CCc2cc(S(=O)(=O)N3CCCC3)ccc21. The van der Waals surface area contributed by atoms with Crippen molar-refractivity contribution in [3.05, 3.63) is 23.8 Å². The van der Waals surface area contributed by atoms with Crippen LogP contribution in [0.25, 0.3) is 0 Å². The Labute approximate surface area is 137 Å². The second-order valence-corrected chi connectivity index (χ2v) is 7.97. The van der Waals surface area contributed by atoms with Gasteiger partial charge in [0, 0.05) is 31.9 Å². The molecule has 0 bridgehead atoms. The lowest BCUT2D eigenvalue weighted by atomic mass is 10.2. The van der Waals surface area contributed by atoms with E-state index in [0.717, 1.165) is 30.5 Å². The molecular formula is C16H23N3O3S. The van der Waals surface area contributed by atoms with Crippen LogP contribution in [0.4, 0.5) is 10.5 Å². The van der Waals surface area contributed by atoms with Gasteiger partial charge in [-0.25, -0.2) is 13.2 Å². The molecule has 7 heteroatoms. The van der Waals surface area contributed by atoms with Crippen LogP contribution in [-0.4, -0.2) is 44.9 Å². The summed E-state index contributed by atoms with van der Waals surface area (Å²) < 4.78 is 26.8. The van der Waals surface area contributed by atoms with E-state index >= 15 is 0 Å².